The summed E-state index contributed by atoms with van der Waals surface area (Å²) in [6, 6.07) is 0. The summed E-state index contributed by atoms with van der Waals surface area (Å²) in [5.74, 6) is 1.83. The third-order valence-electron chi connectivity index (χ3n) is 1.35. The van der Waals surface area contributed by atoms with Gasteiger partial charge in [0.25, 0.3) is 0 Å². The van der Waals surface area contributed by atoms with E-state index in [1.165, 1.54) is 5.57 Å². The summed E-state index contributed by atoms with van der Waals surface area (Å²) in [4.78, 5) is 0. The van der Waals surface area contributed by atoms with Crippen LogP contribution in [0.2, 0.25) is 0 Å². The van der Waals surface area contributed by atoms with Gasteiger partial charge in [0.15, 0.2) is 0 Å². The average Bonchev–Trinajstić information content (AvgIpc) is 1.78. The van der Waals surface area contributed by atoms with E-state index in [0.717, 1.165) is 12.6 Å². The third kappa shape index (κ3) is 2.27. The summed E-state index contributed by atoms with van der Waals surface area (Å²) >= 11 is 17.7. The molecule has 54 valence electrons. The zero-order valence-corrected chi connectivity index (χ0v) is 8.23. The Morgan fingerprint density at radius 3 is 2.11 bits per heavy atom. The van der Waals surface area contributed by atoms with Crippen molar-refractivity contribution in [2.75, 3.05) is 6.16 Å². The van der Waals surface area contributed by atoms with E-state index in [1.54, 1.807) is 0 Å². The van der Waals surface area contributed by atoms with Crippen LogP contribution in [-0.4, -0.2) is 6.16 Å². The van der Waals surface area contributed by atoms with Crippen LogP contribution in [-0.2, 0) is 0 Å². The number of hydrogen-bond acceptors (Lipinski definition) is 0. The maximum absolute atomic E-state index is 5.90. The van der Waals surface area contributed by atoms with Crippen LogP contribution in [0.4, 0.5) is 0 Å². The molecule has 0 nitrogen and oxygen atoms in total. The zero-order valence-electron chi connectivity index (χ0n) is 5.07. The van der Waals surface area contributed by atoms with Gasteiger partial charge in [-0.2, -0.15) is 0 Å². The van der Waals surface area contributed by atoms with Crippen molar-refractivity contribution in [1.82, 2.24) is 0 Å². The van der Waals surface area contributed by atoms with Crippen LogP contribution in [0.15, 0.2) is 11.4 Å². The normalized spacial score (nSPS) is 34.7. The molecule has 0 N–H and O–H groups in total. The minimum atomic E-state index is -2.80. The topological polar surface area (TPSA) is 0 Å². The van der Waals surface area contributed by atoms with Crippen molar-refractivity contribution in [2.24, 2.45) is 0 Å². The van der Waals surface area contributed by atoms with E-state index < -0.39 is 4.66 Å². The van der Waals surface area contributed by atoms with Gasteiger partial charge in [-0.3, -0.25) is 0 Å². The van der Waals surface area contributed by atoms with Gasteiger partial charge in [-0.05, 0) is 0 Å². The Morgan fingerprint density at radius 1 is 1.44 bits per heavy atom. The van der Waals surface area contributed by atoms with E-state index in [0.29, 0.717) is 0 Å². The molecule has 0 aromatic rings. The predicted octanol–water partition coefficient (Wildman–Crippen LogP) is 4.31. The molecule has 0 saturated heterocycles. The predicted molar refractivity (Wildman–Crippen MR) is 47.7 cm³/mol. The van der Waals surface area contributed by atoms with E-state index in [4.69, 9.17) is 33.7 Å². The van der Waals surface area contributed by atoms with Crippen molar-refractivity contribution < 1.29 is 0 Å². The van der Waals surface area contributed by atoms with E-state index in [1.807, 2.05) is 12.7 Å². The zero-order chi connectivity index (χ0) is 7.15. The Morgan fingerprint density at radius 2 is 2.00 bits per heavy atom. The second-order valence-corrected chi connectivity index (χ2v) is 13.7. The number of halogens is 3. The molecule has 9 heavy (non-hydrogen) atoms. The third-order valence-corrected chi connectivity index (χ3v) is 5.65. The molecule has 0 fully saturated rings. The molecule has 0 radical (unpaired) electrons. The molecule has 1 aliphatic rings. The fourth-order valence-electron chi connectivity index (χ4n) is 0.903. The molecule has 1 rings (SSSR count). The van der Waals surface area contributed by atoms with E-state index in [2.05, 4.69) is 0 Å². The van der Waals surface area contributed by atoms with Gasteiger partial charge in [0, 0.05) is 0 Å². The molecule has 0 amide bonds. The molecule has 1 aliphatic heterocycles. The Labute approximate surface area is 69.5 Å². The van der Waals surface area contributed by atoms with Crippen LogP contribution in [0.1, 0.15) is 13.3 Å². The molecule has 0 atom stereocenters. The van der Waals surface area contributed by atoms with Gasteiger partial charge in [-0.25, -0.2) is 0 Å². The number of allylic oxidation sites excluding steroid dienone is 1. The summed E-state index contributed by atoms with van der Waals surface area (Å²) in [6.07, 6.45) is 1.69. The Hall–Kier alpha value is 1.04. The molecular weight excluding hydrogens is 197 g/mol. The second kappa shape index (κ2) is 2.01. The summed E-state index contributed by atoms with van der Waals surface area (Å²) in [7, 11) is 0. The van der Waals surface area contributed by atoms with Gasteiger partial charge in [-0.1, -0.05) is 0 Å². The van der Waals surface area contributed by atoms with Crippen molar-refractivity contribution in [1.29, 1.82) is 0 Å². The molecule has 4 heteroatoms. The molecule has 0 aromatic heterocycles. The molecule has 0 saturated carbocycles. The van der Waals surface area contributed by atoms with E-state index in [-0.39, 0.29) is 0 Å². The van der Waals surface area contributed by atoms with Crippen molar-refractivity contribution in [3.8, 4) is 0 Å². The van der Waals surface area contributed by atoms with Gasteiger partial charge >= 0.3 is 69.3 Å². The number of hydrogen-bond donors (Lipinski definition) is 0. The quantitative estimate of drug-likeness (QED) is 0.517. The van der Waals surface area contributed by atoms with Crippen LogP contribution in [0.3, 0.4) is 0 Å². The maximum atomic E-state index is 5.90. The molecule has 0 unspecified atom stereocenters. The van der Waals surface area contributed by atoms with Crippen molar-refractivity contribution in [2.45, 2.75) is 13.3 Å². The molecule has 1 heterocycles. The van der Waals surface area contributed by atoms with Crippen molar-refractivity contribution in [3.05, 3.63) is 11.4 Å². The Kier molecular flexibility index (Phi) is 1.82. The molecule has 0 spiro atoms. The number of rotatable bonds is 0. The average molecular weight is 205 g/mol. The SMILES string of the molecule is CC1=CP(Cl)(Cl)(Cl)CC1. The fourth-order valence-corrected chi connectivity index (χ4v) is 4.97. The monoisotopic (exact) mass is 204 g/mol. The van der Waals surface area contributed by atoms with Crippen molar-refractivity contribution >= 4 is 38.4 Å². The summed E-state index contributed by atoms with van der Waals surface area (Å²) in [5, 5.41) is 0. The van der Waals surface area contributed by atoms with Gasteiger partial charge < -0.3 is 0 Å². The van der Waals surface area contributed by atoms with E-state index in [9.17, 15) is 0 Å². The standard InChI is InChI=1S/C5H8Cl3P/c1-5-2-3-9(6,7,8)4-5/h4H,2-3H2,1H3. The Bertz CT molecular complexity index is 165. The Balaban J connectivity index is 2.90. The summed E-state index contributed by atoms with van der Waals surface area (Å²) < 4.78 is -2.80. The van der Waals surface area contributed by atoms with Crippen LogP contribution in [0, 0.1) is 0 Å². The van der Waals surface area contributed by atoms with Gasteiger partial charge in [0.2, 0.25) is 0 Å². The van der Waals surface area contributed by atoms with Crippen LogP contribution >= 0.6 is 38.4 Å². The second-order valence-electron chi connectivity index (χ2n) is 2.47. The molecule has 0 aromatic carbocycles. The van der Waals surface area contributed by atoms with Crippen LogP contribution < -0.4 is 0 Å². The van der Waals surface area contributed by atoms with E-state index >= 15 is 0 Å². The van der Waals surface area contributed by atoms with Crippen LogP contribution in [0.25, 0.3) is 0 Å². The molecular formula is C5H8Cl3P. The fraction of sp³-hybridized carbons (Fsp3) is 0.600. The first-order valence-corrected chi connectivity index (χ1v) is 7.93. The van der Waals surface area contributed by atoms with Gasteiger partial charge in [0.05, 0.1) is 0 Å². The van der Waals surface area contributed by atoms with Gasteiger partial charge in [-0.15, -0.1) is 0 Å². The van der Waals surface area contributed by atoms with Gasteiger partial charge in [0.1, 0.15) is 0 Å². The minimum absolute atomic E-state index is 0.738. The van der Waals surface area contributed by atoms with Crippen LogP contribution in [0.5, 0.6) is 0 Å². The first kappa shape index (κ1) is 8.14. The first-order chi connectivity index (χ1) is 3.87. The van der Waals surface area contributed by atoms with Crippen molar-refractivity contribution in [3.63, 3.8) is 0 Å². The molecule has 0 aliphatic carbocycles. The first-order valence-electron chi connectivity index (χ1n) is 2.72. The molecule has 0 bridgehead atoms. The summed E-state index contributed by atoms with van der Waals surface area (Å²) in [5.41, 5.74) is 1.22. The summed E-state index contributed by atoms with van der Waals surface area (Å²) in [6.45, 7) is 2.00.